The van der Waals surface area contributed by atoms with Crippen LogP contribution in [0.5, 0.6) is 0 Å². The van der Waals surface area contributed by atoms with E-state index in [4.69, 9.17) is 4.74 Å². The molecule has 2 aromatic rings. The molecule has 0 amide bonds. The summed E-state index contributed by atoms with van der Waals surface area (Å²) < 4.78 is 8.00. The number of benzene rings is 1. The largest absolute Gasteiger partial charge is 0.372 e. The van der Waals surface area contributed by atoms with E-state index in [9.17, 15) is 0 Å². The normalized spacial score (nSPS) is 17.9. The maximum atomic E-state index is 5.91. The summed E-state index contributed by atoms with van der Waals surface area (Å²) in [6.45, 7) is 2.95. The molecule has 1 aliphatic rings. The van der Waals surface area contributed by atoms with Gasteiger partial charge in [0.1, 0.15) is 0 Å². The molecule has 106 valence electrons. The van der Waals surface area contributed by atoms with Crippen molar-refractivity contribution in [3.63, 3.8) is 0 Å². The minimum Gasteiger partial charge on any atom is -0.372 e. The first-order valence-electron chi connectivity index (χ1n) is 6.65. The number of hydrogen-bond acceptors (Lipinski definition) is 6. The van der Waals surface area contributed by atoms with Crippen molar-refractivity contribution < 1.29 is 4.74 Å². The van der Waals surface area contributed by atoms with Gasteiger partial charge in [-0.15, -0.1) is 10.2 Å². The molecule has 0 radical (unpaired) electrons. The van der Waals surface area contributed by atoms with Crippen LogP contribution in [0.3, 0.4) is 0 Å². The summed E-state index contributed by atoms with van der Waals surface area (Å²) in [5, 5.41) is 8.41. The van der Waals surface area contributed by atoms with Gasteiger partial charge in [-0.05, 0) is 23.3 Å². The molecule has 1 aromatic carbocycles. The number of hydrogen-bond donors (Lipinski definition) is 0. The van der Waals surface area contributed by atoms with Crippen LogP contribution in [0.4, 0.5) is 0 Å². The van der Waals surface area contributed by atoms with E-state index < -0.39 is 0 Å². The lowest BCUT2D eigenvalue weighted by Gasteiger charge is -2.25. The first kappa shape index (κ1) is 14.4. The molecule has 1 aromatic heterocycles. The van der Waals surface area contributed by atoms with Crippen molar-refractivity contribution in [3.8, 4) is 0 Å². The van der Waals surface area contributed by atoms with Gasteiger partial charge in [-0.1, -0.05) is 66.0 Å². The van der Waals surface area contributed by atoms with Gasteiger partial charge in [-0.25, -0.2) is 0 Å². The molecule has 0 aliphatic carbocycles. The fraction of sp³-hybridized carbons (Fsp3) is 0.429. The van der Waals surface area contributed by atoms with E-state index in [0.29, 0.717) is 0 Å². The maximum Gasteiger partial charge on any atom is 0.175 e. The monoisotopic (exact) mass is 324 g/mol. The number of aromatic nitrogens is 2. The van der Waals surface area contributed by atoms with Crippen LogP contribution < -0.4 is 0 Å². The number of rotatable bonds is 5. The highest BCUT2D eigenvalue weighted by Gasteiger charge is 2.21. The molecule has 1 aliphatic heterocycles. The molecule has 3 nitrogen and oxygen atoms in total. The number of fused-ring (bicyclic) bond motifs is 1. The highest BCUT2D eigenvalue weighted by Crippen LogP contribution is 2.34. The predicted octanol–water partition coefficient (Wildman–Crippen LogP) is 4.06. The Labute approximate surface area is 131 Å². The number of thioether (sulfide) groups is 2. The Balaban J connectivity index is 1.64. The topological polar surface area (TPSA) is 35.0 Å². The summed E-state index contributed by atoms with van der Waals surface area (Å²) >= 11 is 5.17. The highest BCUT2D eigenvalue weighted by molar-refractivity contribution is 8.03. The van der Waals surface area contributed by atoms with Crippen LogP contribution in [0.25, 0.3) is 0 Å². The zero-order valence-corrected chi connectivity index (χ0v) is 13.7. The van der Waals surface area contributed by atoms with Gasteiger partial charge in [0.05, 0.1) is 12.7 Å². The van der Waals surface area contributed by atoms with E-state index in [0.717, 1.165) is 33.2 Å². The van der Waals surface area contributed by atoms with E-state index in [-0.39, 0.29) is 6.10 Å². The lowest BCUT2D eigenvalue weighted by molar-refractivity contribution is 0.0588. The Morgan fingerprint density at radius 1 is 1.25 bits per heavy atom. The van der Waals surface area contributed by atoms with Crippen molar-refractivity contribution in [2.75, 3.05) is 18.1 Å². The molecule has 6 heteroatoms. The third kappa shape index (κ3) is 3.36. The summed E-state index contributed by atoms with van der Waals surface area (Å²) in [6.07, 6.45) is 1.20. The molecule has 0 saturated carbocycles. The van der Waals surface area contributed by atoms with Crippen molar-refractivity contribution >= 4 is 34.9 Å². The predicted molar refractivity (Wildman–Crippen MR) is 85.9 cm³/mol. The molecular formula is C14H16N2OS3. The van der Waals surface area contributed by atoms with Crippen molar-refractivity contribution in [3.05, 3.63) is 35.4 Å². The lowest BCUT2D eigenvalue weighted by Crippen LogP contribution is -2.17. The zero-order valence-electron chi connectivity index (χ0n) is 11.2. The molecule has 20 heavy (non-hydrogen) atoms. The smallest absolute Gasteiger partial charge is 0.175 e. The summed E-state index contributed by atoms with van der Waals surface area (Å²) in [5.74, 6) is 1.95. The second kappa shape index (κ2) is 6.93. The van der Waals surface area contributed by atoms with Crippen LogP contribution in [0.2, 0.25) is 0 Å². The fourth-order valence-electron chi connectivity index (χ4n) is 2.20. The van der Waals surface area contributed by atoms with Crippen LogP contribution in [0.1, 0.15) is 24.2 Å². The van der Waals surface area contributed by atoms with Gasteiger partial charge in [0.15, 0.2) is 8.68 Å². The molecule has 0 N–H and O–H groups in total. The average molecular weight is 324 g/mol. The molecule has 0 bridgehead atoms. The summed E-state index contributed by atoms with van der Waals surface area (Å²) in [5.41, 5.74) is 2.75. The average Bonchev–Trinajstić information content (AvgIpc) is 2.93. The van der Waals surface area contributed by atoms with E-state index >= 15 is 0 Å². The second-order valence-corrected chi connectivity index (χ2v) is 8.14. The Bertz CT molecular complexity index is 573. The molecule has 0 unspecified atom stereocenters. The van der Waals surface area contributed by atoms with Crippen LogP contribution in [0.15, 0.2) is 32.9 Å². The van der Waals surface area contributed by atoms with E-state index in [1.54, 1.807) is 34.9 Å². The lowest BCUT2D eigenvalue weighted by atomic mass is 9.99. The van der Waals surface area contributed by atoms with Crippen LogP contribution in [-0.4, -0.2) is 28.3 Å². The minimum absolute atomic E-state index is 0.177. The molecule has 2 heterocycles. The second-order valence-electron chi connectivity index (χ2n) is 4.39. The molecule has 0 spiro atoms. The van der Waals surface area contributed by atoms with Crippen molar-refractivity contribution in [2.45, 2.75) is 28.1 Å². The number of nitrogens with zero attached hydrogens (tertiary/aromatic N) is 2. The van der Waals surface area contributed by atoms with E-state index in [1.807, 2.05) is 0 Å². The standard InChI is InChI=1S/C14H16N2OS3/c1-2-18-13-15-16-14(20-13)19-9-12-11-6-4-3-5-10(11)7-8-17-12/h3-6,12H,2,7-9H2,1H3/t12-/m0/s1. The Morgan fingerprint density at radius 2 is 2.05 bits per heavy atom. The Hall–Kier alpha value is -0.560. The summed E-state index contributed by atoms with van der Waals surface area (Å²) in [4.78, 5) is 0. The quantitative estimate of drug-likeness (QED) is 0.775. The summed E-state index contributed by atoms with van der Waals surface area (Å²) in [7, 11) is 0. The molecule has 3 rings (SSSR count). The first-order valence-corrected chi connectivity index (χ1v) is 9.44. The van der Waals surface area contributed by atoms with Crippen LogP contribution >= 0.6 is 34.9 Å². The first-order chi connectivity index (χ1) is 9.86. The molecular weight excluding hydrogens is 308 g/mol. The van der Waals surface area contributed by atoms with E-state index in [2.05, 4.69) is 41.4 Å². The van der Waals surface area contributed by atoms with Crippen LogP contribution in [-0.2, 0) is 11.2 Å². The number of ether oxygens (including phenoxy) is 1. The van der Waals surface area contributed by atoms with E-state index in [1.165, 1.54) is 11.1 Å². The van der Waals surface area contributed by atoms with Crippen LogP contribution in [0, 0.1) is 0 Å². The maximum absolute atomic E-state index is 5.91. The van der Waals surface area contributed by atoms with Gasteiger partial charge in [0.2, 0.25) is 0 Å². The van der Waals surface area contributed by atoms with Gasteiger partial charge in [0, 0.05) is 5.75 Å². The van der Waals surface area contributed by atoms with Crippen molar-refractivity contribution in [1.29, 1.82) is 0 Å². The van der Waals surface area contributed by atoms with Gasteiger partial charge >= 0.3 is 0 Å². The van der Waals surface area contributed by atoms with Gasteiger partial charge in [-0.2, -0.15) is 0 Å². The van der Waals surface area contributed by atoms with Gasteiger partial charge < -0.3 is 4.74 Å². The molecule has 0 fully saturated rings. The third-order valence-corrected chi connectivity index (χ3v) is 6.24. The SMILES string of the molecule is CCSc1nnc(SC[C@@H]2OCCc3ccccc32)s1. The highest BCUT2D eigenvalue weighted by atomic mass is 32.2. The van der Waals surface area contributed by atoms with Crippen molar-refractivity contribution in [1.82, 2.24) is 10.2 Å². The Morgan fingerprint density at radius 3 is 2.90 bits per heavy atom. The summed E-state index contributed by atoms with van der Waals surface area (Å²) in [6, 6.07) is 8.58. The minimum atomic E-state index is 0.177. The van der Waals surface area contributed by atoms with Gasteiger partial charge in [-0.3, -0.25) is 0 Å². The zero-order chi connectivity index (χ0) is 13.8. The van der Waals surface area contributed by atoms with Crippen molar-refractivity contribution in [2.24, 2.45) is 0 Å². The fourth-order valence-corrected chi connectivity index (χ4v) is 5.19. The molecule has 0 saturated heterocycles. The third-order valence-electron chi connectivity index (χ3n) is 3.11. The van der Waals surface area contributed by atoms with Gasteiger partial charge in [0.25, 0.3) is 0 Å². The Kier molecular flexibility index (Phi) is 4.99. The molecule has 1 atom stereocenters.